The molecule has 0 saturated heterocycles. The predicted octanol–water partition coefficient (Wildman–Crippen LogP) is 0.193. The van der Waals surface area contributed by atoms with Crippen LogP contribution in [0.25, 0.3) is 0 Å². The van der Waals surface area contributed by atoms with E-state index in [2.05, 4.69) is 5.32 Å². The highest BCUT2D eigenvalue weighted by Crippen LogP contribution is 2.23. The third-order valence-corrected chi connectivity index (χ3v) is 4.17. The second kappa shape index (κ2) is 9.19. The van der Waals surface area contributed by atoms with Crippen LogP contribution in [0.3, 0.4) is 0 Å². The van der Waals surface area contributed by atoms with Gasteiger partial charge in [-0.1, -0.05) is 18.2 Å². The van der Waals surface area contributed by atoms with E-state index in [-0.39, 0.29) is 18.7 Å². The summed E-state index contributed by atoms with van der Waals surface area (Å²) < 4.78 is 10.3. The molecule has 0 unspecified atom stereocenters. The van der Waals surface area contributed by atoms with Gasteiger partial charge in [0.05, 0.1) is 19.7 Å². The summed E-state index contributed by atoms with van der Waals surface area (Å²) in [5.74, 6) is -0.407. The lowest BCUT2D eigenvalue weighted by Gasteiger charge is -2.22. The van der Waals surface area contributed by atoms with Crippen LogP contribution in [0, 0.1) is 0 Å². The number of carbonyl (C=O) groups excluding carboxylic acids is 3. The fourth-order valence-corrected chi connectivity index (χ4v) is 2.66. The van der Waals surface area contributed by atoms with Crippen molar-refractivity contribution in [2.24, 2.45) is 5.73 Å². The molecule has 1 aliphatic heterocycles. The maximum Gasteiger partial charge on any atom is 0.328 e. The van der Waals surface area contributed by atoms with Gasteiger partial charge in [-0.05, 0) is 19.4 Å². The molecule has 0 aromatic heterocycles. The van der Waals surface area contributed by atoms with Crippen LogP contribution in [0.4, 0.5) is 0 Å². The zero-order valence-corrected chi connectivity index (χ0v) is 15.1. The van der Waals surface area contributed by atoms with Gasteiger partial charge in [0.1, 0.15) is 18.4 Å². The van der Waals surface area contributed by atoms with E-state index in [1.165, 1.54) is 14.0 Å². The second-order valence-electron chi connectivity index (χ2n) is 6.18. The number of hydrogen-bond acceptors (Lipinski definition) is 6. The van der Waals surface area contributed by atoms with Gasteiger partial charge >= 0.3 is 5.97 Å². The molecule has 0 saturated carbocycles. The standard InChI is InChI=1S/C18H25N3O5/c1-12(19)17(23)20-14(18(24)25-2)7-8-16(22)21-9-10-26-15-6-4-3-5-13(15)11-21/h3-6,12,14H,7-11,19H2,1-2H3,(H,20,23)/t12-,14-/m0/s1. The van der Waals surface area contributed by atoms with Crippen LogP contribution >= 0.6 is 0 Å². The van der Waals surface area contributed by atoms with Crippen LogP contribution in [0.1, 0.15) is 25.3 Å². The van der Waals surface area contributed by atoms with Crippen LogP contribution in [0.5, 0.6) is 5.75 Å². The monoisotopic (exact) mass is 363 g/mol. The van der Waals surface area contributed by atoms with E-state index in [4.69, 9.17) is 15.2 Å². The van der Waals surface area contributed by atoms with Crippen LogP contribution in [-0.4, -0.2) is 55.0 Å². The first kappa shape index (κ1) is 19.7. The van der Waals surface area contributed by atoms with E-state index in [1.807, 2.05) is 24.3 Å². The third kappa shape index (κ3) is 5.19. The quantitative estimate of drug-likeness (QED) is 0.698. The fraction of sp³-hybridized carbons (Fsp3) is 0.500. The highest BCUT2D eigenvalue weighted by atomic mass is 16.5. The number of rotatable bonds is 6. The van der Waals surface area contributed by atoms with Gasteiger partial charge in [0.2, 0.25) is 11.8 Å². The molecule has 0 bridgehead atoms. The number of hydrogen-bond donors (Lipinski definition) is 2. The minimum absolute atomic E-state index is 0.0984. The second-order valence-corrected chi connectivity index (χ2v) is 6.18. The van der Waals surface area contributed by atoms with Gasteiger partial charge in [-0.15, -0.1) is 0 Å². The summed E-state index contributed by atoms with van der Waals surface area (Å²) in [6, 6.07) is 5.92. The molecule has 26 heavy (non-hydrogen) atoms. The summed E-state index contributed by atoms with van der Waals surface area (Å²) in [7, 11) is 1.23. The van der Waals surface area contributed by atoms with Crippen LogP contribution in [0.15, 0.2) is 24.3 Å². The number of carbonyl (C=O) groups is 3. The van der Waals surface area contributed by atoms with Crippen molar-refractivity contribution in [3.63, 3.8) is 0 Å². The normalized spacial score (nSPS) is 15.7. The van der Waals surface area contributed by atoms with Crippen molar-refractivity contribution < 1.29 is 23.9 Å². The van der Waals surface area contributed by atoms with E-state index in [0.717, 1.165) is 11.3 Å². The topological polar surface area (TPSA) is 111 Å². The average Bonchev–Trinajstić information content (AvgIpc) is 2.86. The van der Waals surface area contributed by atoms with Gasteiger partial charge in [0.25, 0.3) is 0 Å². The zero-order valence-electron chi connectivity index (χ0n) is 15.1. The van der Waals surface area contributed by atoms with Crippen LogP contribution in [0.2, 0.25) is 0 Å². The minimum Gasteiger partial charge on any atom is -0.491 e. The van der Waals surface area contributed by atoms with Gasteiger partial charge < -0.3 is 25.4 Å². The predicted molar refractivity (Wildman–Crippen MR) is 94.2 cm³/mol. The Bertz CT molecular complexity index is 662. The Balaban J connectivity index is 1.96. The number of para-hydroxylation sites is 1. The summed E-state index contributed by atoms with van der Waals surface area (Å²) in [4.78, 5) is 37.9. The Morgan fingerprint density at radius 3 is 2.77 bits per heavy atom. The summed E-state index contributed by atoms with van der Waals surface area (Å²) in [5, 5.41) is 2.52. The summed E-state index contributed by atoms with van der Waals surface area (Å²) in [5.41, 5.74) is 6.45. The largest absolute Gasteiger partial charge is 0.491 e. The molecule has 2 amide bonds. The first-order valence-corrected chi connectivity index (χ1v) is 8.54. The van der Waals surface area contributed by atoms with Gasteiger partial charge in [0.15, 0.2) is 0 Å². The van der Waals surface area contributed by atoms with Crippen molar-refractivity contribution in [2.75, 3.05) is 20.3 Å². The Labute approximate surface area is 152 Å². The molecule has 8 heteroatoms. The van der Waals surface area contributed by atoms with Crippen molar-refractivity contribution in [1.29, 1.82) is 0 Å². The van der Waals surface area contributed by atoms with Gasteiger partial charge in [-0.2, -0.15) is 0 Å². The Morgan fingerprint density at radius 1 is 1.35 bits per heavy atom. The first-order valence-electron chi connectivity index (χ1n) is 8.54. The molecule has 0 spiro atoms. The maximum atomic E-state index is 12.6. The maximum absolute atomic E-state index is 12.6. The number of benzene rings is 1. The lowest BCUT2D eigenvalue weighted by Crippen LogP contribution is -2.48. The Hall–Kier alpha value is -2.61. The first-order chi connectivity index (χ1) is 12.4. The zero-order chi connectivity index (χ0) is 19.1. The lowest BCUT2D eigenvalue weighted by atomic mass is 10.1. The SMILES string of the molecule is COC(=O)[C@H](CCC(=O)N1CCOc2ccccc2C1)NC(=O)[C@H](C)N. The molecule has 1 aromatic carbocycles. The minimum atomic E-state index is -0.905. The van der Waals surface area contributed by atoms with Gasteiger partial charge in [-0.3, -0.25) is 9.59 Å². The number of ether oxygens (including phenoxy) is 2. The average molecular weight is 363 g/mol. The molecule has 0 aliphatic carbocycles. The Morgan fingerprint density at radius 2 is 2.08 bits per heavy atom. The van der Waals surface area contributed by atoms with Crippen molar-refractivity contribution in [1.82, 2.24) is 10.2 Å². The van der Waals surface area contributed by atoms with Crippen molar-refractivity contribution in [3.8, 4) is 5.75 Å². The number of nitrogens with two attached hydrogens (primary N) is 1. The molecule has 0 radical (unpaired) electrons. The van der Waals surface area contributed by atoms with Crippen molar-refractivity contribution in [3.05, 3.63) is 29.8 Å². The van der Waals surface area contributed by atoms with Crippen LogP contribution < -0.4 is 15.8 Å². The molecule has 1 aliphatic rings. The van der Waals surface area contributed by atoms with E-state index >= 15 is 0 Å². The summed E-state index contributed by atoms with van der Waals surface area (Å²) >= 11 is 0. The third-order valence-electron chi connectivity index (χ3n) is 4.17. The number of nitrogens with zero attached hydrogens (tertiary/aromatic N) is 1. The molecule has 142 valence electrons. The molecule has 0 fully saturated rings. The van der Waals surface area contributed by atoms with E-state index < -0.39 is 24.0 Å². The summed E-state index contributed by atoms with van der Waals surface area (Å²) in [6.07, 6.45) is 0.240. The molecular weight excluding hydrogens is 338 g/mol. The fourth-order valence-electron chi connectivity index (χ4n) is 2.66. The van der Waals surface area contributed by atoms with Crippen molar-refractivity contribution in [2.45, 2.75) is 38.4 Å². The van der Waals surface area contributed by atoms with Crippen molar-refractivity contribution >= 4 is 17.8 Å². The molecule has 2 atom stereocenters. The number of esters is 1. The molecule has 8 nitrogen and oxygen atoms in total. The molecule has 2 rings (SSSR count). The van der Waals surface area contributed by atoms with E-state index in [9.17, 15) is 14.4 Å². The van der Waals surface area contributed by atoms with Crippen LogP contribution in [-0.2, 0) is 25.7 Å². The molecule has 3 N–H and O–H groups in total. The lowest BCUT2D eigenvalue weighted by molar-refractivity contribution is -0.145. The molecular formula is C18H25N3O5. The summed E-state index contributed by atoms with van der Waals surface area (Å²) in [6.45, 7) is 2.83. The van der Waals surface area contributed by atoms with E-state index in [0.29, 0.717) is 19.7 Å². The smallest absolute Gasteiger partial charge is 0.328 e. The molecule has 1 heterocycles. The highest BCUT2D eigenvalue weighted by Gasteiger charge is 2.26. The highest BCUT2D eigenvalue weighted by molar-refractivity contribution is 5.87. The Kier molecular flexibility index (Phi) is 6.97. The van der Waals surface area contributed by atoms with Gasteiger partial charge in [-0.25, -0.2) is 4.79 Å². The van der Waals surface area contributed by atoms with Gasteiger partial charge in [0, 0.05) is 18.5 Å². The number of methoxy groups -OCH3 is 1. The molecule has 1 aromatic rings. The van der Waals surface area contributed by atoms with E-state index in [1.54, 1.807) is 4.90 Å². The number of nitrogens with one attached hydrogen (secondary N) is 1. The number of fused-ring (bicyclic) bond motifs is 1. The number of amides is 2.